The maximum Gasteiger partial charge on any atom is 0.272 e. The van der Waals surface area contributed by atoms with E-state index in [2.05, 4.69) is 20.4 Å². The molecular formula is C25H22N6O. The summed E-state index contributed by atoms with van der Waals surface area (Å²) in [7, 11) is 1.90. The Morgan fingerprint density at radius 2 is 1.84 bits per heavy atom. The number of nitrogens with one attached hydrogen (secondary N) is 1. The van der Waals surface area contributed by atoms with Crippen LogP contribution in [-0.2, 0) is 13.5 Å². The number of benzene rings is 2. The highest BCUT2D eigenvalue weighted by Crippen LogP contribution is 2.22. The summed E-state index contributed by atoms with van der Waals surface area (Å²) in [6.45, 7) is 2.05. The first-order chi connectivity index (χ1) is 15.6. The van der Waals surface area contributed by atoms with Gasteiger partial charge in [0.15, 0.2) is 5.82 Å². The van der Waals surface area contributed by atoms with Crippen molar-refractivity contribution in [2.45, 2.75) is 13.3 Å². The van der Waals surface area contributed by atoms with Gasteiger partial charge in [0.05, 0.1) is 5.69 Å². The van der Waals surface area contributed by atoms with Crippen molar-refractivity contribution < 1.29 is 4.79 Å². The van der Waals surface area contributed by atoms with E-state index in [0.717, 1.165) is 40.1 Å². The zero-order valence-corrected chi connectivity index (χ0v) is 17.9. The second-order valence-corrected chi connectivity index (χ2v) is 7.51. The van der Waals surface area contributed by atoms with Gasteiger partial charge in [-0.1, -0.05) is 25.1 Å². The molecule has 32 heavy (non-hydrogen) atoms. The van der Waals surface area contributed by atoms with Crippen LogP contribution in [0.4, 0.5) is 5.69 Å². The van der Waals surface area contributed by atoms with Crippen LogP contribution in [0.5, 0.6) is 0 Å². The number of para-hydroxylation sites is 1. The van der Waals surface area contributed by atoms with Crippen LogP contribution in [0.2, 0.25) is 0 Å². The lowest BCUT2D eigenvalue weighted by molar-refractivity contribution is 0.101. The average molecular weight is 422 g/mol. The molecule has 7 heteroatoms. The number of aromatic nitrogens is 5. The van der Waals surface area contributed by atoms with Gasteiger partial charge in [-0.2, -0.15) is 0 Å². The van der Waals surface area contributed by atoms with Crippen molar-refractivity contribution in [3.8, 4) is 17.1 Å². The number of hydrogen-bond donors (Lipinski definition) is 1. The number of anilines is 1. The van der Waals surface area contributed by atoms with E-state index in [1.165, 1.54) is 0 Å². The van der Waals surface area contributed by atoms with Gasteiger partial charge in [0.1, 0.15) is 11.5 Å². The number of fused-ring (bicyclic) bond motifs is 1. The Balaban J connectivity index is 1.39. The summed E-state index contributed by atoms with van der Waals surface area (Å²) in [5, 5.41) is 8.70. The Bertz CT molecular complexity index is 1400. The highest BCUT2D eigenvalue weighted by molar-refractivity contribution is 6.06. The lowest BCUT2D eigenvalue weighted by atomic mass is 10.2. The van der Waals surface area contributed by atoms with Crippen LogP contribution in [0.3, 0.4) is 0 Å². The maximum absolute atomic E-state index is 12.9. The third-order valence-corrected chi connectivity index (χ3v) is 5.46. The van der Waals surface area contributed by atoms with Gasteiger partial charge in [-0.3, -0.25) is 9.78 Å². The van der Waals surface area contributed by atoms with Crippen molar-refractivity contribution in [2.75, 3.05) is 5.32 Å². The van der Waals surface area contributed by atoms with Crippen molar-refractivity contribution in [1.29, 1.82) is 0 Å². The molecule has 158 valence electrons. The van der Waals surface area contributed by atoms with Gasteiger partial charge in [-0.05, 0) is 48.5 Å². The molecule has 0 saturated carbocycles. The van der Waals surface area contributed by atoms with E-state index >= 15 is 0 Å². The van der Waals surface area contributed by atoms with Gasteiger partial charge < -0.3 is 9.88 Å². The molecule has 3 heterocycles. The van der Waals surface area contributed by atoms with Gasteiger partial charge in [-0.25, -0.2) is 9.67 Å². The molecule has 0 atom stereocenters. The lowest BCUT2D eigenvalue weighted by Crippen LogP contribution is -2.15. The normalized spacial score (nSPS) is 11.1. The molecule has 0 aliphatic carbocycles. The molecule has 0 radical (unpaired) electrons. The van der Waals surface area contributed by atoms with Crippen LogP contribution in [0.15, 0.2) is 79.1 Å². The lowest BCUT2D eigenvalue weighted by Gasteiger charge is -2.09. The zero-order chi connectivity index (χ0) is 22.1. The summed E-state index contributed by atoms with van der Waals surface area (Å²) < 4.78 is 3.74. The first-order valence-electron chi connectivity index (χ1n) is 10.5. The molecule has 1 N–H and O–H groups in total. The minimum Gasteiger partial charge on any atom is -0.340 e. The molecule has 0 aliphatic rings. The molecule has 2 aromatic carbocycles. The highest BCUT2D eigenvalue weighted by Gasteiger charge is 2.15. The van der Waals surface area contributed by atoms with E-state index in [-0.39, 0.29) is 5.91 Å². The van der Waals surface area contributed by atoms with Gasteiger partial charge in [0, 0.05) is 48.0 Å². The maximum atomic E-state index is 12.9. The fraction of sp³-hybridized carbons (Fsp3) is 0.120. The third kappa shape index (κ3) is 3.54. The first-order valence-corrected chi connectivity index (χ1v) is 10.5. The molecule has 5 aromatic rings. The smallest absolute Gasteiger partial charge is 0.272 e. The SMILES string of the molecule is CCc1nc(-c2cccnc2)nn1-c1ccc(NC(=O)c2cc3ccccc3n2C)cc1. The second-order valence-electron chi connectivity index (χ2n) is 7.51. The third-order valence-electron chi connectivity index (χ3n) is 5.46. The number of amides is 1. The van der Waals surface area contributed by atoms with E-state index < -0.39 is 0 Å². The largest absolute Gasteiger partial charge is 0.340 e. The number of carbonyl (C=O) groups excluding carboxylic acids is 1. The van der Waals surface area contributed by atoms with E-state index in [1.54, 1.807) is 12.4 Å². The van der Waals surface area contributed by atoms with Gasteiger partial charge >= 0.3 is 0 Å². The summed E-state index contributed by atoms with van der Waals surface area (Å²) >= 11 is 0. The topological polar surface area (TPSA) is 77.6 Å². The van der Waals surface area contributed by atoms with Gasteiger partial charge in [-0.15, -0.1) is 5.10 Å². The minimum atomic E-state index is -0.148. The average Bonchev–Trinajstić information content (AvgIpc) is 3.42. The Hall–Kier alpha value is -4.26. The van der Waals surface area contributed by atoms with E-state index in [0.29, 0.717) is 11.5 Å². The molecule has 0 saturated heterocycles. The molecule has 3 aromatic heterocycles. The number of aryl methyl sites for hydroxylation is 2. The molecule has 7 nitrogen and oxygen atoms in total. The van der Waals surface area contributed by atoms with E-state index in [9.17, 15) is 4.79 Å². The molecule has 0 fully saturated rings. The van der Waals surface area contributed by atoms with Crippen LogP contribution < -0.4 is 5.32 Å². The number of pyridine rings is 1. The predicted octanol–water partition coefficient (Wildman–Crippen LogP) is 4.64. The quantitative estimate of drug-likeness (QED) is 0.448. The van der Waals surface area contributed by atoms with Crippen molar-refractivity contribution in [3.05, 3.63) is 90.6 Å². The van der Waals surface area contributed by atoms with Crippen molar-refractivity contribution >= 4 is 22.5 Å². The summed E-state index contributed by atoms with van der Waals surface area (Å²) in [5.74, 6) is 1.35. The monoisotopic (exact) mass is 422 g/mol. The fourth-order valence-corrected chi connectivity index (χ4v) is 3.79. The summed E-state index contributed by atoms with van der Waals surface area (Å²) in [5.41, 5.74) is 4.11. The first kappa shape index (κ1) is 19.7. The molecule has 1 amide bonds. The van der Waals surface area contributed by atoms with E-state index in [4.69, 9.17) is 0 Å². The zero-order valence-electron chi connectivity index (χ0n) is 17.9. The minimum absolute atomic E-state index is 0.148. The number of nitrogens with zero attached hydrogens (tertiary/aromatic N) is 5. The number of rotatable bonds is 5. The molecule has 0 bridgehead atoms. The van der Waals surface area contributed by atoms with Gasteiger partial charge in [0.25, 0.3) is 5.91 Å². The predicted molar refractivity (Wildman–Crippen MR) is 125 cm³/mol. The number of carbonyl (C=O) groups is 1. The second kappa shape index (κ2) is 8.11. The van der Waals surface area contributed by atoms with Crippen molar-refractivity contribution in [3.63, 3.8) is 0 Å². The Morgan fingerprint density at radius 3 is 2.56 bits per heavy atom. The van der Waals surface area contributed by atoms with Crippen LogP contribution in [0.25, 0.3) is 28.0 Å². The fourth-order valence-electron chi connectivity index (χ4n) is 3.79. The standard InChI is InChI=1S/C25H22N6O/c1-3-23-28-24(18-8-6-14-26-16-18)29-31(23)20-12-10-19(11-13-20)27-25(32)22-15-17-7-4-5-9-21(17)30(22)2/h4-16H,3H2,1-2H3,(H,27,32). The van der Waals surface area contributed by atoms with Crippen LogP contribution >= 0.6 is 0 Å². The number of hydrogen-bond acceptors (Lipinski definition) is 4. The molecule has 0 aliphatic heterocycles. The molecule has 0 unspecified atom stereocenters. The Labute approximate surface area is 185 Å². The van der Waals surface area contributed by atoms with Crippen molar-refractivity contribution in [2.24, 2.45) is 7.05 Å². The highest BCUT2D eigenvalue weighted by atomic mass is 16.1. The summed E-state index contributed by atoms with van der Waals surface area (Å²) in [4.78, 5) is 21.7. The van der Waals surface area contributed by atoms with Crippen LogP contribution in [0.1, 0.15) is 23.2 Å². The Kier molecular flexibility index (Phi) is 4.99. The van der Waals surface area contributed by atoms with Crippen LogP contribution in [-0.4, -0.2) is 30.2 Å². The summed E-state index contributed by atoms with van der Waals surface area (Å²) in [6, 6.07) is 21.3. The Morgan fingerprint density at radius 1 is 1.03 bits per heavy atom. The summed E-state index contributed by atoms with van der Waals surface area (Å²) in [6.07, 6.45) is 4.23. The molecule has 0 spiro atoms. The van der Waals surface area contributed by atoms with E-state index in [1.807, 2.05) is 90.0 Å². The van der Waals surface area contributed by atoms with Crippen molar-refractivity contribution in [1.82, 2.24) is 24.3 Å². The molecule has 5 rings (SSSR count). The molecular weight excluding hydrogens is 400 g/mol. The van der Waals surface area contributed by atoms with Gasteiger partial charge in [0.2, 0.25) is 0 Å². The van der Waals surface area contributed by atoms with Crippen LogP contribution in [0, 0.1) is 0 Å².